The predicted molar refractivity (Wildman–Crippen MR) is 95.7 cm³/mol. The first-order valence-corrected chi connectivity index (χ1v) is 8.73. The van der Waals surface area contributed by atoms with Gasteiger partial charge in [0.05, 0.1) is 33.7 Å². The van der Waals surface area contributed by atoms with Gasteiger partial charge in [0.25, 0.3) is 0 Å². The fourth-order valence-electron chi connectivity index (χ4n) is 2.30. The number of nitrogens with zero attached hydrogens (tertiary/aromatic N) is 5. The molecule has 3 aromatic heterocycles. The number of hydrogen-bond donors (Lipinski definition) is 0. The van der Waals surface area contributed by atoms with Gasteiger partial charge in [0.15, 0.2) is 0 Å². The summed E-state index contributed by atoms with van der Waals surface area (Å²) in [6.07, 6.45) is 5.19. The molecular weight excluding hydrogens is 322 g/mol. The first kappa shape index (κ1) is 16.7. The van der Waals surface area contributed by atoms with Crippen LogP contribution in [0.4, 0.5) is 0 Å². The summed E-state index contributed by atoms with van der Waals surface area (Å²) in [5.41, 5.74) is 2.86. The quantitative estimate of drug-likeness (QED) is 0.615. The molecule has 0 unspecified atom stereocenters. The highest BCUT2D eigenvalue weighted by Crippen LogP contribution is 2.23. The molecule has 0 saturated carbocycles. The molecule has 0 fully saturated rings. The zero-order chi connectivity index (χ0) is 16.9. The van der Waals surface area contributed by atoms with Crippen molar-refractivity contribution in [1.82, 2.24) is 24.8 Å². The van der Waals surface area contributed by atoms with E-state index in [1.165, 1.54) is 0 Å². The van der Waals surface area contributed by atoms with Crippen LogP contribution in [0.15, 0.2) is 24.5 Å². The van der Waals surface area contributed by atoms with Crippen molar-refractivity contribution in [2.45, 2.75) is 19.8 Å². The normalized spacial score (nSPS) is 11.3. The van der Waals surface area contributed by atoms with Crippen LogP contribution < -0.4 is 4.74 Å². The lowest BCUT2D eigenvalue weighted by molar-refractivity contribution is 0.263. The standard InChI is InChI=1S/C17H21N5OS/c1-12-9-15-14(11-19-12)21-16(24-15)10-13-5-6-18-17(20-13)23-8-4-7-22(2)3/h5-6,9,11H,4,7-8,10H2,1-3H3. The minimum absolute atomic E-state index is 0.435. The van der Waals surface area contributed by atoms with E-state index in [1.54, 1.807) is 17.5 Å². The lowest BCUT2D eigenvalue weighted by Gasteiger charge is -2.09. The minimum atomic E-state index is 0.435. The van der Waals surface area contributed by atoms with Gasteiger partial charge in [-0.3, -0.25) is 4.98 Å². The van der Waals surface area contributed by atoms with Gasteiger partial charge in [0.1, 0.15) is 0 Å². The maximum Gasteiger partial charge on any atom is 0.316 e. The molecule has 0 radical (unpaired) electrons. The molecule has 6 nitrogen and oxygen atoms in total. The second-order valence-corrected chi connectivity index (χ2v) is 7.03. The number of hydrogen-bond acceptors (Lipinski definition) is 7. The maximum absolute atomic E-state index is 5.63. The summed E-state index contributed by atoms with van der Waals surface area (Å²) in [7, 11) is 4.10. The number of aryl methyl sites for hydroxylation is 1. The second kappa shape index (κ2) is 7.63. The monoisotopic (exact) mass is 343 g/mol. The van der Waals surface area contributed by atoms with Gasteiger partial charge >= 0.3 is 6.01 Å². The molecule has 7 heteroatoms. The van der Waals surface area contributed by atoms with Crippen LogP contribution in [0.2, 0.25) is 0 Å². The fraction of sp³-hybridized carbons (Fsp3) is 0.412. The van der Waals surface area contributed by atoms with E-state index < -0.39 is 0 Å². The van der Waals surface area contributed by atoms with Gasteiger partial charge in [-0.15, -0.1) is 11.3 Å². The molecule has 126 valence electrons. The van der Waals surface area contributed by atoms with Crippen LogP contribution in [-0.4, -0.2) is 52.1 Å². The Morgan fingerprint density at radius 1 is 1.21 bits per heavy atom. The maximum atomic E-state index is 5.63. The average molecular weight is 343 g/mol. The van der Waals surface area contributed by atoms with Gasteiger partial charge in [-0.05, 0) is 39.6 Å². The molecule has 3 aromatic rings. The van der Waals surface area contributed by atoms with Crippen molar-refractivity contribution >= 4 is 21.6 Å². The number of ether oxygens (including phenoxy) is 1. The van der Waals surface area contributed by atoms with E-state index in [4.69, 9.17) is 4.74 Å². The number of thiazole rings is 1. The molecule has 0 atom stereocenters. The molecule has 0 amide bonds. The molecule has 0 aromatic carbocycles. The van der Waals surface area contributed by atoms with Gasteiger partial charge in [0.2, 0.25) is 0 Å². The summed E-state index contributed by atoms with van der Waals surface area (Å²) < 4.78 is 6.79. The van der Waals surface area contributed by atoms with E-state index in [-0.39, 0.29) is 0 Å². The van der Waals surface area contributed by atoms with Gasteiger partial charge in [0, 0.05) is 24.9 Å². The Morgan fingerprint density at radius 2 is 2.08 bits per heavy atom. The minimum Gasteiger partial charge on any atom is -0.463 e. The molecule has 0 aliphatic rings. The molecule has 0 aliphatic heterocycles. The smallest absolute Gasteiger partial charge is 0.316 e. The highest BCUT2D eigenvalue weighted by Gasteiger charge is 2.08. The molecule has 24 heavy (non-hydrogen) atoms. The molecular formula is C17H21N5OS. The SMILES string of the molecule is Cc1cc2sc(Cc3ccnc(OCCCN(C)C)n3)nc2cn1. The van der Waals surface area contributed by atoms with Crippen molar-refractivity contribution in [3.63, 3.8) is 0 Å². The van der Waals surface area contributed by atoms with E-state index >= 15 is 0 Å². The largest absolute Gasteiger partial charge is 0.463 e. The second-order valence-electron chi connectivity index (χ2n) is 5.91. The first-order valence-electron chi connectivity index (χ1n) is 7.91. The van der Waals surface area contributed by atoms with Gasteiger partial charge in [-0.2, -0.15) is 4.98 Å². The van der Waals surface area contributed by atoms with E-state index in [9.17, 15) is 0 Å². The number of pyridine rings is 1. The van der Waals surface area contributed by atoms with Crippen molar-refractivity contribution in [3.05, 3.63) is 40.9 Å². The van der Waals surface area contributed by atoms with Crippen LogP contribution in [-0.2, 0) is 6.42 Å². The topological polar surface area (TPSA) is 64.0 Å². The van der Waals surface area contributed by atoms with Crippen LogP contribution in [0, 0.1) is 6.92 Å². The Kier molecular flexibility index (Phi) is 5.32. The third-order valence-corrected chi connectivity index (χ3v) is 4.48. The van der Waals surface area contributed by atoms with E-state index in [0.717, 1.165) is 39.6 Å². The van der Waals surface area contributed by atoms with Crippen molar-refractivity contribution in [2.75, 3.05) is 27.2 Å². The lowest BCUT2D eigenvalue weighted by Crippen LogP contribution is -2.16. The Bertz CT molecular complexity index is 818. The van der Waals surface area contributed by atoms with E-state index in [0.29, 0.717) is 19.0 Å². The lowest BCUT2D eigenvalue weighted by atomic mass is 10.3. The highest BCUT2D eigenvalue weighted by atomic mass is 32.1. The average Bonchev–Trinajstić information content (AvgIpc) is 2.93. The van der Waals surface area contributed by atoms with Crippen LogP contribution in [0.1, 0.15) is 22.8 Å². The zero-order valence-corrected chi connectivity index (χ0v) is 15.0. The summed E-state index contributed by atoms with van der Waals surface area (Å²) in [5, 5.41) is 1.02. The molecule has 0 N–H and O–H groups in total. The fourth-order valence-corrected chi connectivity index (χ4v) is 3.35. The summed E-state index contributed by atoms with van der Waals surface area (Å²) in [6.45, 7) is 3.59. The Hall–Kier alpha value is -2.12. The molecule has 0 saturated heterocycles. The third kappa shape index (κ3) is 4.46. The third-order valence-electron chi connectivity index (χ3n) is 3.46. The Balaban J connectivity index is 1.64. The van der Waals surface area contributed by atoms with Crippen LogP contribution in [0.25, 0.3) is 10.2 Å². The number of aromatic nitrogens is 4. The molecule has 3 rings (SSSR count). The predicted octanol–water partition coefficient (Wildman–Crippen LogP) is 2.71. The molecule has 0 aliphatic carbocycles. The van der Waals surface area contributed by atoms with Crippen molar-refractivity contribution in [3.8, 4) is 6.01 Å². The summed E-state index contributed by atoms with van der Waals surface area (Å²) in [5.74, 6) is 0. The molecule has 3 heterocycles. The Morgan fingerprint density at radius 3 is 2.92 bits per heavy atom. The summed E-state index contributed by atoms with van der Waals surface area (Å²) in [6, 6.07) is 4.41. The molecule has 0 bridgehead atoms. The van der Waals surface area contributed by atoms with Crippen LogP contribution >= 0.6 is 11.3 Å². The highest BCUT2D eigenvalue weighted by molar-refractivity contribution is 7.18. The van der Waals surface area contributed by atoms with Crippen molar-refractivity contribution in [1.29, 1.82) is 0 Å². The number of fused-ring (bicyclic) bond motifs is 1. The van der Waals surface area contributed by atoms with Crippen molar-refractivity contribution < 1.29 is 4.74 Å². The zero-order valence-electron chi connectivity index (χ0n) is 14.2. The summed E-state index contributed by atoms with van der Waals surface area (Å²) in [4.78, 5) is 19.7. The van der Waals surface area contributed by atoms with E-state index in [2.05, 4.69) is 30.9 Å². The Labute approximate surface area is 145 Å². The summed E-state index contributed by atoms with van der Waals surface area (Å²) >= 11 is 1.68. The van der Waals surface area contributed by atoms with Gasteiger partial charge in [-0.25, -0.2) is 9.97 Å². The van der Waals surface area contributed by atoms with Gasteiger partial charge in [-0.1, -0.05) is 0 Å². The molecule has 0 spiro atoms. The first-order chi connectivity index (χ1) is 11.6. The van der Waals surface area contributed by atoms with Gasteiger partial charge < -0.3 is 9.64 Å². The number of rotatable bonds is 7. The van der Waals surface area contributed by atoms with Crippen LogP contribution in [0.3, 0.4) is 0 Å². The van der Waals surface area contributed by atoms with Crippen molar-refractivity contribution in [2.24, 2.45) is 0 Å². The van der Waals surface area contributed by atoms with E-state index in [1.807, 2.05) is 33.3 Å². The van der Waals surface area contributed by atoms with Crippen LogP contribution in [0.5, 0.6) is 6.01 Å².